The summed E-state index contributed by atoms with van der Waals surface area (Å²) in [5, 5.41) is 0. The molecule has 104 valence electrons. The summed E-state index contributed by atoms with van der Waals surface area (Å²) in [6, 6.07) is 8.38. The lowest BCUT2D eigenvalue weighted by molar-refractivity contribution is -0.131. The van der Waals surface area contributed by atoms with Crippen molar-refractivity contribution >= 4 is 11.5 Å². The topological polar surface area (TPSA) is 38.3 Å². The third kappa shape index (κ3) is 4.21. The van der Waals surface area contributed by atoms with Gasteiger partial charge in [-0.3, -0.25) is 9.63 Å². The standard InChI is InChI=1S/C17H19NO2/c1-20-18-17(19)13-10-14-8-11-16(12-9-14)15-6-4-2-3-5-7-15/h2-6,8-9,11-12H,7,10,13H2,1H3,(H,18,19). The van der Waals surface area contributed by atoms with Crippen LogP contribution in [0.5, 0.6) is 0 Å². The Morgan fingerprint density at radius 3 is 2.75 bits per heavy atom. The molecule has 0 saturated heterocycles. The van der Waals surface area contributed by atoms with Gasteiger partial charge in [-0.05, 0) is 29.5 Å². The van der Waals surface area contributed by atoms with Crippen LogP contribution in [-0.4, -0.2) is 13.0 Å². The van der Waals surface area contributed by atoms with E-state index in [1.54, 1.807) is 0 Å². The summed E-state index contributed by atoms with van der Waals surface area (Å²) in [5.74, 6) is -0.0988. The molecule has 0 saturated carbocycles. The van der Waals surface area contributed by atoms with E-state index in [2.05, 4.69) is 58.9 Å². The van der Waals surface area contributed by atoms with Crippen LogP contribution >= 0.6 is 0 Å². The third-order valence-corrected chi connectivity index (χ3v) is 3.17. The van der Waals surface area contributed by atoms with E-state index in [-0.39, 0.29) is 5.91 Å². The number of nitrogens with one attached hydrogen (secondary N) is 1. The van der Waals surface area contributed by atoms with Gasteiger partial charge in [-0.15, -0.1) is 0 Å². The maximum atomic E-state index is 11.3. The van der Waals surface area contributed by atoms with Crippen LogP contribution in [-0.2, 0) is 16.1 Å². The number of hydrogen-bond donors (Lipinski definition) is 1. The smallest absolute Gasteiger partial charge is 0.243 e. The number of carbonyl (C=O) groups excluding carboxylic acids is 1. The van der Waals surface area contributed by atoms with E-state index in [0.29, 0.717) is 12.8 Å². The lowest BCUT2D eigenvalue weighted by Crippen LogP contribution is -2.21. The fraction of sp³-hybridized carbons (Fsp3) is 0.235. The number of benzene rings is 1. The van der Waals surface area contributed by atoms with Gasteiger partial charge in [0.1, 0.15) is 0 Å². The second kappa shape index (κ2) is 7.46. The van der Waals surface area contributed by atoms with Crippen LogP contribution in [0.3, 0.4) is 0 Å². The van der Waals surface area contributed by atoms with Crippen molar-refractivity contribution in [3.63, 3.8) is 0 Å². The lowest BCUT2D eigenvalue weighted by Gasteiger charge is -2.06. The van der Waals surface area contributed by atoms with Crippen LogP contribution in [0, 0.1) is 0 Å². The summed E-state index contributed by atoms with van der Waals surface area (Å²) in [6.45, 7) is 0. The molecule has 3 heteroatoms. The van der Waals surface area contributed by atoms with E-state index >= 15 is 0 Å². The summed E-state index contributed by atoms with van der Waals surface area (Å²) in [7, 11) is 1.44. The molecule has 0 bridgehead atoms. The highest BCUT2D eigenvalue weighted by atomic mass is 16.6. The Morgan fingerprint density at radius 1 is 1.20 bits per heavy atom. The first-order valence-corrected chi connectivity index (χ1v) is 6.73. The molecule has 1 amide bonds. The molecule has 0 atom stereocenters. The maximum Gasteiger partial charge on any atom is 0.243 e. The SMILES string of the molecule is CONC(=O)CCc1ccc(C2=CC=CC=CC2)cc1. The maximum absolute atomic E-state index is 11.3. The molecule has 2 rings (SSSR count). The summed E-state index contributed by atoms with van der Waals surface area (Å²) < 4.78 is 0. The second-order valence-electron chi connectivity index (χ2n) is 4.64. The van der Waals surface area contributed by atoms with Gasteiger partial charge in [0.2, 0.25) is 5.91 Å². The number of aryl methyl sites for hydroxylation is 1. The number of allylic oxidation sites excluding steroid dienone is 6. The second-order valence-corrected chi connectivity index (χ2v) is 4.64. The summed E-state index contributed by atoms with van der Waals surface area (Å²) in [5.41, 5.74) is 6.01. The van der Waals surface area contributed by atoms with Crippen LogP contribution in [0.2, 0.25) is 0 Å². The molecule has 0 fully saturated rings. The van der Waals surface area contributed by atoms with Crippen molar-refractivity contribution in [1.29, 1.82) is 0 Å². The van der Waals surface area contributed by atoms with Gasteiger partial charge in [-0.1, -0.05) is 54.6 Å². The minimum absolute atomic E-state index is 0.0988. The first kappa shape index (κ1) is 14.3. The minimum Gasteiger partial charge on any atom is -0.277 e. The molecule has 1 aromatic rings. The van der Waals surface area contributed by atoms with E-state index < -0.39 is 0 Å². The van der Waals surface area contributed by atoms with Gasteiger partial charge < -0.3 is 0 Å². The van der Waals surface area contributed by atoms with E-state index in [1.807, 2.05) is 6.08 Å². The average Bonchev–Trinajstić information content (AvgIpc) is 2.75. The van der Waals surface area contributed by atoms with Gasteiger partial charge in [-0.25, -0.2) is 5.48 Å². The molecule has 0 radical (unpaired) electrons. The summed E-state index contributed by atoms with van der Waals surface area (Å²) >= 11 is 0. The molecule has 0 heterocycles. The monoisotopic (exact) mass is 269 g/mol. The molecule has 20 heavy (non-hydrogen) atoms. The molecular formula is C17H19NO2. The van der Waals surface area contributed by atoms with Crippen molar-refractivity contribution < 1.29 is 9.63 Å². The predicted octanol–water partition coefficient (Wildman–Crippen LogP) is 3.20. The Morgan fingerprint density at radius 2 is 2.00 bits per heavy atom. The molecule has 3 nitrogen and oxygen atoms in total. The van der Waals surface area contributed by atoms with E-state index in [0.717, 1.165) is 12.0 Å². The molecule has 1 aliphatic rings. The van der Waals surface area contributed by atoms with Crippen LogP contribution < -0.4 is 5.48 Å². The summed E-state index contributed by atoms with van der Waals surface area (Å²) in [4.78, 5) is 15.9. The Labute approximate surface area is 119 Å². The zero-order valence-electron chi connectivity index (χ0n) is 11.6. The van der Waals surface area contributed by atoms with Gasteiger partial charge in [0.15, 0.2) is 0 Å². The van der Waals surface area contributed by atoms with Crippen molar-refractivity contribution in [2.24, 2.45) is 0 Å². The zero-order chi connectivity index (χ0) is 14.2. The zero-order valence-corrected chi connectivity index (χ0v) is 11.6. The number of carbonyl (C=O) groups is 1. The van der Waals surface area contributed by atoms with Crippen LogP contribution in [0.4, 0.5) is 0 Å². The number of amides is 1. The van der Waals surface area contributed by atoms with Gasteiger partial charge in [0, 0.05) is 6.42 Å². The van der Waals surface area contributed by atoms with Gasteiger partial charge in [-0.2, -0.15) is 0 Å². The Kier molecular flexibility index (Phi) is 5.33. The molecule has 0 aliphatic heterocycles. The summed E-state index contributed by atoms with van der Waals surface area (Å²) in [6.07, 6.45) is 12.5. The number of rotatable bonds is 5. The highest BCUT2D eigenvalue weighted by Gasteiger charge is 2.03. The molecule has 0 unspecified atom stereocenters. The van der Waals surface area contributed by atoms with E-state index in [9.17, 15) is 4.79 Å². The molecule has 1 aromatic carbocycles. The normalized spacial score (nSPS) is 13.8. The molecule has 0 spiro atoms. The molecule has 1 N–H and O–H groups in total. The average molecular weight is 269 g/mol. The van der Waals surface area contributed by atoms with Crippen LogP contribution in [0.15, 0.2) is 54.6 Å². The fourth-order valence-corrected chi connectivity index (χ4v) is 2.10. The fourth-order valence-electron chi connectivity index (χ4n) is 2.10. The van der Waals surface area contributed by atoms with Crippen molar-refractivity contribution in [1.82, 2.24) is 5.48 Å². The van der Waals surface area contributed by atoms with Crippen LogP contribution in [0.25, 0.3) is 5.57 Å². The Bertz CT molecular complexity index is 539. The Hall–Kier alpha value is -2.13. The lowest BCUT2D eigenvalue weighted by atomic mass is 10.00. The van der Waals surface area contributed by atoms with E-state index in [1.165, 1.54) is 18.2 Å². The Balaban J connectivity index is 1.96. The molecule has 1 aliphatic carbocycles. The van der Waals surface area contributed by atoms with Crippen molar-refractivity contribution in [3.05, 3.63) is 65.8 Å². The van der Waals surface area contributed by atoms with E-state index in [4.69, 9.17) is 0 Å². The van der Waals surface area contributed by atoms with Crippen molar-refractivity contribution in [2.45, 2.75) is 19.3 Å². The number of hydrogen-bond acceptors (Lipinski definition) is 2. The van der Waals surface area contributed by atoms with Crippen molar-refractivity contribution in [2.75, 3.05) is 7.11 Å². The van der Waals surface area contributed by atoms with Gasteiger partial charge in [0.05, 0.1) is 7.11 Å². The first-order valence-electron chi connectivity index (χ1n) is 6.73. The molecular weight excluding hydrogens is 250 g/mol. The highest BCUT2D eigenvalue weighted by Crippen LogP contribution is 2.21. The van der Waals surface area contributed by atoms with Gasteiger partial charge in [0.25, 0.3) is 0 Å². The largest absolute Gasteiger partial charge is 0.277 e. The van der Waals surface area contributed by atoms with Crippen molar-refractivity contribution in [3.8, 4) is 0 Å². The quantitative estimate of drug-likeness (QED) is 0.834. The van der Waals surface area contributed by atoms with Gasteiger partial charge >= 0.3 is 0 Å². The first-order chi connectivity index (χ1) is 9.79. The minimum atomic E-state index is -0.0988. The van der Waals surface area contributed by atoms with Crippen LogP contribution in [0.1, 0.15) is 24.0 Å². The highest BCUT2D eigenvalue weighted by molar-refractivity contribution is 5.75. The predicted molar refractivity (Wildman–Crippen MR) is 80.8 cm³/mol. The molecule has 0 aromatic heterocycles. The number of hydroxylamine groups is 1. The third-order valence-electron chi connectivity index (χ3n) is 3.17.